The number of fused-ring (bicyclic) bond motifs is 2. The van der Waals surface area contributed by atoms with Crippen LogP contribution in [0, 0.1) is 5.82 Å². The van der Waals surface area contributed by atoms with E-state index in [4.69, 9.17) is 4.42 Å². The van der Waals surface area contributed by atoms with Crippen LogP contribution in [0.2, 0.25) is 0 Å². The zero-order chi connectivity index (χ0) is 17.4. The van der Waals surface area contributed by atoms with Crippen molar-refractivity contribution in [1.82, 2.24) is 14.9 Å². The minimum absolute atomic E-state index is 0.180. The summed E-state index contributed by atoms with van der Waals surface area (Å²) in [5, 5.41) is 1.06. The van der Waals surface area contributed by atoms with Crippen LogP contribution in [0.3, 0.4) is 0 Å². The van der Waals surface area contributed by atoms with Crippen molar-refractivity contribution in [2.45, 2.75) is 24.7 Å². The number of benzene rings is 1. The molecule has 0 saturated carbocycles. The second kappa shape index (κ2) is 6.57. The van der Waals surface area contributed by atoms with E-state index in [0.717, 1.165) is 29.4 Å². The third kappa shape index (κ3) is 3.17. The van der Waals surface area contributed by atoms with E-state index in [0.29, 0.717) is 24.2 Å². The van der Waals surface area contributed by atoms with Crippen LogP contribution in [0.25, 0.3) is 11.0 Å². The zero-order valence-corrected chi connectivity index (χ0v) is 14.5. The first-order chi connectivity index (χ1) is 12.1. The maximum atomic E-state index is 13.4. The van der Waals surface area contributed by atoms with Crippen LogP contribution in [0.1, 0.15) is 16.8 Å². The lowest BCUT2D eigenvalue weighted by Crippen LogP contribution is -2.32. The van der Waals surface area contributed by atoms with E-state index in [2.05, 4.69) is 14.9 Å². The summed E-state index contributed by atoms with van der Waals surface area (Å²) in [7, 11) is 0. The standard InChI is InChI=1S/C18H16FN3O2S/c1-25-18-20-7-11-8-22(5-4-15(11)21-18)9-12-10-24-16-3-2-13(19)6-14(16)17(12)23/h2-3,6-7,10H,4-5,8-9H2,1H3. The SMILES string of the molecule is CSc1ncc2c(n1)CCN(Cc1coc3ccc(F)cc3c1=O)C2. The van der Waals surface area contributed by atoms with Crippen molar-refractivity contribution in [3.05, 3.63) is 63.5 Å². The van der Waals surface area contributed by atoms with Gasteiger partial charge in [0, 0.05) is 43.4 Å². The van der Waals surface area contributed by atoms with Crippen LogP contribution in [0.5, 0.6) is 0 Å². The monoisotopic (exact) mass is 357 g/mol. The molecule has 0 saturated heterocycles. The van der Waals surface area contributed by atoms with Crippen LogP contribution in [0.4, 0.5) is 4.39 Å². The Hall–Kier alpha value is -2.25. The van der Waals surface area contributed by atoms with E-state index >= 15 is 0 Å². The Balaban J connectivity index is 1.59. The molecule has 128 valence electrons. The summed E-state index contributed by atoms with van der Waals surface area (Å²) in [4.78, 5) is 23.6. The van der Waals surface area contributed by atoms with Crippen molar-refractivity contribution in [2.24, 2.45) is 0 Å². The molecule has 1 aromatic carbocycles. The van der Waals surface area contributed by atoms with Crippen molar-refractivity contribution < 1.29 is 8.81 Å². The molecule has 1 aliphatic heterocycles. The lowest BCUT2D eigenvalue weighted by Gasteiger charge is -2.27. The van der Waals surface area contributed by atoms with Gasteiger partial charge in [-0.25, -0.2) is 14.4 Å². The largest absolute Gasteiger partial charge is 0.464 e. The highest BCUT2D eigenvalue weighted by Crippen LogP contribution is 2.21. The van der Waals surface area contributed by atoms with E-state index in [9.17, 15) is 9.18 Å². The van der Waals surface area contributed by atoms with Crippen LogP contribution >= 0.6 is 11.8 Å². The van der Waals surface area contributed by atoms with E-state index in [-0.39, 0.29) is 10.8 Å². The third-order valence-corrected chi connectivity index (χ3v) is 4.94. The summed E-state index contributed by atoms with van der Waals surface area (Å²) < 4.78 is 18.9. The third-order valence-electron chi connectivity index (χ3n) is 4.37. The van der Waals surface area contributed by atoms with Crippen molar-refractivity contribution in [2.75, 3.05) is 12.8 Å². The highest BCUT2D eigenvalue weighted by Gasteiger charge is 2.20. The Morgan fingerprint density at radius 2 is 2.28 bits per heavy atom. The van der Waals surface area contributed by atoms with Crippen LogP contribution in [-0.4, -0.2) is 27.7 Å². The summed E-state index contributed by atoms with van der Waals surface area (Å²) in [6.07, 6.45) is 6.11. The van der Waals surface area contributed by atoms with Gasteiger partial charge in [-0.15, -0.1) is 0 Å². The topological polar surface area (TPSA) is 59.2 Å². The fraction of sp³-hybridized carbons (Fsp3) is 0.278. The molecule has 7 heteroatoms. The van der Waals surface area contributed by atoms with Gasteiger partial charge in [-0.3, -0.25) is 9.69 Å². The minimum atomic E-state index is -0.439. The van der Waals surface area contributed by atoms with Crippen molar-refractivity contribution >= 4 is 22.7 Å². The summed E-state index contributed by atoms with van der Waals surface area (Å²) in [5.74, 6) is -0.439. The normalized spacial score (nSPS) is 14.6. The average Bonchev–Trinajstić information content (AvgIpc) is 2.64. The first-order valence-corrected chi connectivity index (χ1v) is 9.17. The van der Waals surface area contributed by atoms with Crippen LogP contribution in [-0.2, 0) is 19.5 Å². The predicted octanol–water partition coefficient (Wildman–Crippen LogP) is 3.00. The molecule has 0 atom stereocenters. The molecule has 0 fully saturated rings. The van der Waals surface area contributed by atoms with Gasteiger partial charge in [-0.1, -0.05) is 11.8 Å². The Bertz CT molecular complexity index is 1010. The van der Waals surface area contributed by atoms with E-state index in [1.807, 2.05) is 12.5 Å². The molecule has 1 aliphatic rings. The first kappa shape index (κ1) is 16.2. The van der Waals surface area contributed by atoms with Crippen LogP contribution < -0.4 is 5.43 Å². The second-order valence-electron chi connectivity index (χ2n) is 6.02. The molecular weight excluding hydrogens is 341 g/mol. The minimum Gasteiger partial charge on any atom is -0.464 e. The van der Waals surface area contributed by atoms with Gasteiger partial charge in [-0.05, 0) is 24.5 Å². The summed E-state index contributed by atoms with van der Waals surface area (Å²) in [5.41, 5.74) is 2.91. The molecule has 3 aromatic rings. The van der Waals surface area contributed by atoms with Gasteiger partial charge >= 0.3 is 0 Å². The van der Waals surface area contributed by atoms with Gasteiger partial charge in [0.15, 0.2) is 10.6 Å². The number of rotatable bonds is 3. The van der Waals surface area contributed by atoms with Gasteiger partial charge in [0.25, 0.3) is 0 Å². The fourth-order valence-electron chi connectivity index (χ4n) is 3.08. The highest BCUT2D eigenvalue weighted by atomic mass is 32.2. The molecule has 0 N–H and O–H groups in total. The molecule has 4 rings (SSSR count). The predicted molar refractivity (Wildman–Crippen MR) is 94.1 cm³/mol. The molecular formula is C18H16FN3O2S. The molecule has 0 aliphatic carbocycles. The fourth-order valence-corrected chi connectivity index (χ4v) is 3.44. The van der Waals surface area contributed by atoms with E-state index in [1.54, 1.807) is 0 Å². The highest BCUT2D eigenvalue weighted by molar-refractivity contribution is 7.98. The van der Waals surface area contributed by atoms with Gasteiger partial charge < -0.3 is 4.42 Å². The van der Waals surface area contributed by atoms with E-state index in [1.165, 1.54) is 36.2 Å². The molecule has 0 unspecified atom stereocenters. The molecule has 0 amide bonds. The van der Waals surface area contributed by atoms with Crippen molar-refractivity contribution in [3.63, 3.8) is 0 Å². The maximum absolute atomic E-state index is 13.4. The zero-order valence-electron chi connectivity index (χ0n) is 13.7. The van der Waals surface area contributed by atoms with Crippen LogP contribution in [0.15, 0.2) is 45.0 Å². The molecule has 0 radical (unpaired) electrons. The maximum Gasteiger partial charge on any atom is 0.197 e. The Morgan fingerprint density at radius 3 is 3.12 bits per heavy atom. The molecule has 25 heavy (non-hydrogen) atoms. The van der Waals surface area contributed by atoms with E-state index < -0.39 is 5.82 Å². The summed E-state index contributed by atoms with van der Waals surface area (Å²) in [6, 6.07) is 4.00. The number of hydrogen-bond acceptors (Lipinski definition) is 6. The second-order valence-corrected chi connectivity index (χ2v) is 6.79. The lowest BCUT2D eigenvalue weighted by atomic mass is 10.1. The number of nitrogens with zero attached hydrogens (tertiary/aromatic N) is 3. The van der Waals surface area contributed by atoms with Crippen molar-refractivity contribution in [1.29, 1.82) is 0 Å². The average molecular weight is 357 g/mol. The summed E-state index contributed by atoms with van der Waals surface area (Å²) in [6.45, 7) is 1.95. The summed E-state index contributed by atoms with van der Waals surface area (Å²) >= 11 is 1.53. The smallest absolute Gasteiger partial charge is 0.197 e. The Kier molecular flexibility index (Phi) is 4.27. The van der Waals surface area contributed by atoms with Gasteiger partial charge in [-0.2, -0.15) is 0 Å². The van der Waals surface area contributed by atoms with Crippen molar-refractivity contribution in [3.8, 4) is 0 Å². The Morgan fingerprint density at radius 1 is 1.40 bits per heavy atom. The molecule has 5 nitrogen and oxygen atoms in total. The molecule has 3 heterocycles. The molecule has 0 bridgehead atoms. The first-order valence-electron chi connectivity index (χ1n) is 7.95. The number of halogens is 1. The lowest BCUT2D eigenvalue weighted by molar-refractivity contribution is 0.240. The van der Waals surface area contributed by atoms with Gasteiger partial charge in [0.05, 0.1) is 17.3 Å². The molecule has 2 aromatic heterocycles. The molecule has 0 spiro atoms. The number of hydrogen-bond donors (Lipinski definition) is 0. The quantitative estimate of drug-likeness (QED) is 0.530. The van der Waals surface area contributed by atoms with Gasteiger partial charge in [0.2, 0.25) is 0 Å². The number of aromatic nitrogens is 2. The number of thioether (sulfide) groups is 1. The van der Waals surface area contributed by atoms with Gasteiger partial charge in [0.1, 0.15) is 11.4 Å². The Labute approximate surface area is 147 Å².